The largest absolute Gasteiger partial charge is 0.368 e. The summed E-state index contributed by atoms with van der Waals surface area (Å²) in [6.45, 7) is 0. The molecule has 0 atom stereocenters. The lowest BCUT2D eigenvalue weighted by atomic mass is 10.4. The summed E-state index contributed by atoms with van der Waals surface area (Å²) in [5.41, 5.74) is 5.30. The minimum absolute atomic E-state index is 0.147. The van der Waals surface area contributed by atoms with Crippen LogP contribution in [0.3, 0.4) is 0 Å². The molecule has 1 heterocycles. The van der Waals surface area contributed by atoms with Crippen molar-refractivity contribution in [1.82, 2.24) is 15.3 Å². The number of hydrogen-bond acceptors (Lipinski definition) is 5. The van der Waals surface area contributed by atoms with E-state index in [1.807, 2.05) is 0 Å². The van der Waals surface area contributed by atoms with Gasteiger partial charge in [-0.25, -0.2) is 4.98 Å². The van der Waals surface area contributed by atoms with Crippen molar-refractivity contribution in [1.29, 1.82) is 0 Å². The first-order valence-electron chi connectivity index (χ1n) is 3.34. The first kappa shape index (κ1) is 8.91. The molecule has 0 aliphatic heterocycles. The molecule has 0 saturated heterocycles. The Morgan fingerprint density at radius 2 is 2.31 bits per heavy atom. The number of aromatic nitrogens is 2. The quantitative estimate of drug-likeness (QED) is 0.208. The first-order chi connectivity index (χ1) is 6.24. The van der Waals surface area contributed by atoms with E-state index in [0.29, 0.717) is 0 Å². The second-order valence-corrected chi connectivity index (χ2v) is 2.06. The van der Waals surface area contributed by atoms with Crippen molar-refractivity contribution in [2.24, 2.45) is 16.7 Å². The van der Waals surface area contributed by atoms with Crippen LogP contribution in [0.15, 0.2) is 23.7 Å². The van der Waals surface area contributed by atoms with Crippen LogP contribution < -0.4 is 16.9 Å². The molecule has 0 saturated carbocycles. The molecule has 0 spiro atoms. The smallest absolute Gasteiger partial charge is 0.278 e. The highest BCUT2D eigenvalue weighted by Crippen LogP contribution is 1.88. The van der Waals surface area contributed by atoms with Gasteiger partial charge in [-0.05, 0) is 0 Å². The van der Waals surface area contributed by atoms with E-state index in [2.05, 4.69) is 20.4 Å². The van der Waals surface area contributed by atoms with Gasteiger partial charge in [0.1, 0.15) is 5.69 Å². The van der Waals surface area contributed by atoms with E-state index < -0.39 is 5.91 Å². The fourth-order valence-corrected chi connectivity index (χ4v) is 0.629. The van der Waals surface area contributed by atoms with E-state index in [0.717, 1.165) is 0 Å². The Hall–Kier alpha value is -2.18. The maximum Gasteiger partial charge on any atom is 0.278 e. The fraction of sp³-hybridized carbons (Fsp3) is 0. The topological polar surface area (TPSA) is 119 Å². The summed E-state index contributed by atoms with van der Waals surface area (Å²) in [5.74, 6) is 4.14. The van der Waals surface area contributed by atoms with E-state index in [9.17, 15) is 4.79 Å². The van der Waals surface area contributed by atoms with Crippen LogP contribution in [0.2, 0.25) is 0 Å². The van der Waals surface area contributed by atoms with Gasteiger partial charge in [-0.2, -0.15) is 0 Å². The number of guanidine groups is 1. The van der Waals surface area contributed by atoms with E-state index in [1.54, 1.807) is 0 Å². The molecule has 13 heavy (non-hydrogen) atoms. The van der Waals surface area contributed by atoms with E-state index in [-0.39, 0.29) is 11.7 Å². The normalized spacial score (nSPS) is 10.9. The lowest BCUT2D eigenvalue weighted by Gasteiger charge is -2.00. The van der Waals surface area contributed by atoms with Gasteiger partial charge in [-0.1, -0.05) is 0 Å². The maximum absolute atomic E-state index is 11.2. The average Bonchev–Trinajstić information content (AvgIpc) is 2.19. The van der Waals surface area contributed by atoms with Gasteiger partial charge in [-0.3, -0.25) is 15.1 Å². The van der Waals surface area contributed by atoms with Crippen molar-refractivity contribution >= 4 is 11.9 Å². The zero-order chi connectivity index (χ0) is 9.68. The second-order valence-electron chi connectivity index (χ2n) is 2.06. The molecule has 0 fully saturated rings. The highest BCUT2D eigenvalue weighted by molar-refractivity contribution is 6.03. The van der Waals surface area contributed by atoms with Gasteiger partial charge in [0, 0.05) is 12.4 Å². The lowest BCUT2D eigenvalue weighted by molar-refractivity contribution is 0.0971. The molecule has 7 heteroatoms. The van der Waals surface area contributed by atoms with Crippen LogP contribution in [0.25, 0.3) is 0 Å². The number of carbonyl (C=O) groups is 1. The number of hydrogen-bond donors (Lipinski definition) is 3. The van der Waals surface area contributed by atoms with Crippen molar-refractivity contribution in [2.45, 2.75) is 0 Å². The van der Waals surface area contributed by atoms with Gasteiger partial charge < -0.3 is 11.6 Å². The van der Waals surface area contributed by atoms with Crippen LogP contribution in [0.5, 0.6) is 0 Å². The van der Waals surface area contributed by atoms with Gasteiger partial charge >= 0.3 is 0 Å². The SMILES string of the molecule is N/N=C(\N)NC(=O)c1cnccn1. The first-order valence-corrected chi connectivity index (χ1v) is 3.34. The van der Waals surface area contributed by atoms with Crippen molar-refractivity contribution in [3.63, 3.8) is 0 Å². The number of nitrogens with two attached hydrogens (primary N) is 2. The second kappa shape index (κ2) is 4.00. The zero-order valence-electron chi connectivity index (χ0n) is 6.64. The molecule has 0 bridgehead atoms. The Balaban J connectivity index is 2.70. The Bertz CT molecular complexity index is 321. The van der Waals surface area contributed by atoms with Crippen LogP contribution in [-0.4, -0.2) is 21.8 Å². The molecule has 68 valence electrons. The highest BCUT2D eigenvalue weighted by Gasteiger charge is 2.06. The molecule has 0 aromatic carbocycles. The predicted molar refractivity (Wildman–Crippen MR) is 45.3 cm³/mol. The number of amides is 1. The molecule has 0 aliphatic carbocycles. The third-order valence-electron chi connectivity index (χ3n) is 1.18. The molecule has 0 unspecified atom stereocenters. The predicted octanol–water partition coefficient (Wildman–Crippen LogP) is -1.61. The lowest BCUT2D eigenvalue weighted by Crippen LogP contribution is -2.37. The van der Waals surface area contributed by atoms with Crippen LogP contribution in [0.4, 0.5) is 0 Å². The number of rotatable bonds is 1. The summed E-state index contributed by atoms with van der Waals surface area (Å²) in [6, 6.07) is 0. The molecule has 1 aromatic rings. The summed E-state index contributed by atoms with van der Waals surface area (Å²) >= 11 is 0. The summed E-state index contributed by atoms with van der Waals surface area (Å²) in [4.78, 5) is 18.6. The Labute approximate surface area is 73.9 Å². The Kier molecular flexibility index (Phi) is 2.74. The van der Waals surface area contributed by atoms with Crippen LogP contribution in [0.1, 0.15) is 10.5 Å². The minimum Gasteiger partial charge on any atom is -0.368 e. The fourth-order valence-electron chi connectivity index (χ4n) is 0.629. The van der Waals surface area contributed by atoms with Crippen LogP contribution in [0, 0.1) is 0 Å². The summed E-state index contributed by atoms with van der Waals surface area (Å²) in [5, 5.41) is 5.28. The molecular weight excluding hydrogens is 172 g/mol. The molecule has 1 amide bonds. The third kappa shape index (κ3) is 2.40. The number of nitrogens with one attached hydrogen (secondary N) is 1. The molecule has 0 radical (unpaired) electrons. The molecular formula is C6H8N6O. The van der Waals surface area contributed by atoms with Gasteiger partial charge in [0.2, 0.25) is 5.96 Å². The molecule has 7 nitrogen and oxygen atoms in total. The van der Waals surface area contributed by atoms with Crippen LogP contribution >= 0.6 is 0 Å². The molecule has 0 aliphatic rings. The van der Waals surface area contributed by atoms with Gasteiger partial charge in [0.25, 0.3) is 5.91 Å². The summed E-state index contributed by atoms with van der Waals surface area (Å²) in [6.07, 6.45) is 4.15. The Morgan fingerprint density at radius 1 is 1.54 bits per heavy atom. The van der Waals surface area contributed by atoms with E-state index in [1.165, 1.54) is 18.6 Å². The van der Waals surface area contributed by atoms with Crippen molar-refractivity contribution in [3.05, 3.63) is 24.3 Å². The van der Waals surface area contributed by atoms with Crippen molar-refractivity contribution in [3.8, 4) is 0 Å². The molecule has 5 N–H and O–H groups in total. The minimum atomic E-state index is -0.500. The highest BCUT2D eigenvalue weighted by atomic mass is 16.2. The van der Waals surface area contributed by atoms with Crippen LogP contribution in [-0.2, 0) is 0 Å². The standard InChI is InChI=1S/C6H8N6O/c7-6(12-8)11-5(13)4-3-9-1-2-10-4/h1-3H,8H2,(H3,7,11,12,13). The van der Waals surface area contributed by atoms with Crippen molar-refractivity contribution < 1.29 is 4.79 Å². The van der Waals surface area contributed by atoms with E-state index in [4.69, 9.17) is 11.6 Å². The maximum atomic E-state index is 11.2. The summed E-state index contributed by atoms with van der Waals surface area (Å²) in [7, 11) is 0. The van der Waals surface area contributed by atoms with Crippen molar-refractivity contribution in [2.75, 3.05) is 0 Å². The Morgan fingerprint density at radius 3 is 2.85 bits per heavy atom. The van der Waals surface area contributed by atoms with E-state index >= 15 is 0 Å². The number of hydrazone groups is 1. The number of nitrogens with zero attached hydrogens (tertiary/aromatic N) is 3. The number of carbonyl (C=O) groups excluding carboxylic acids is 1. The van der Waals surface area contributed by atoms with Gasteiger partial charge in [0.05, 0.1) is 6.20 Å². The average molecular weight is 180 g/mol. The zero-order valence-corrected chi connectivity index (χ0v) is 6.64. The third-order valence-corrected chi connectivity index (χ3v) is 1.18. The van der Waals surface area contributed by atoms with Gasteiger partial charge in [-0.15, -0.1) is 5.10 Å². The van der Waals surface area contributed by atoms with Gasteiger partial charge in [0.15, 0.2) is 0 Å². The molecule has 1 aromatic heterocycles. The molecule has 1 rings (SSSR count). The summed E-state index contributed by atoms with van der Waals surface area (Å²) < 4.78 is 0. The monoisotopic (exact) mass is 180 g/mol.